The van der Waals surface area contributed by atoms with Crippen LogP contribution in [0.3, 0.4) is 0 Å². The summed E-state index contributed by atoms with van der Waals surface area (Å²) in [6.45, 7) is 4.27. The average molecular weight is 369 g/mol. The molecule has 0 aliphatic carbocycles. The number of nitrogens with one attached hydrogen (secondary N) is 2. The predicted molar refractivity (Wildman–Crippen MR) is 99.4 cm³/mol. The number of H-pyrrole nitrogens is 1. The molecule has 8 heteroatoms. The highest BCUT2D eigenvalue weighted by Crippen LogP contribution is 2.21. The zero-order valence-corrected chi connectivity index (χ0v) is 14.9. The van der Waals surface area contributed by atoms with E-state index in [-0.39, 0.29) is 17.7 Å². The lowest BCUT2D eigenvalue weighted by atomic mass is 10.0. The van der Waals surface area contributed by atoms with Gasteiger partial charge in [0.2, 0.25) is 0 Å². The molecule has 0 bridgehead atoms. The first-order valence-electron chi connectivity index (χ1n) is 8.42. The quantitative estimate of drug-likeness (QED) is 0.483. The molecule has 1 aromatic heterocycles. The molecule has 0 saturated heterocycles. The normalized spacial score (nSPS) is 10.7. The van der Waals surface area contributed by atoms with Crippen LogP contribution >= 0.6 is 0 Å². The molecule has 0 fully saturated rings. The van der Waals surface area contributed by atoms with Gasteiger partial charge in [-0.05, 0) is 42.2 Å². The number of carboxylic acid groups (broad SMARTS) is 1. The Morgan fingerprint density at radius 2 is 1.96 bits per heavy atom. The highest BCUT2D eigenvalue weighted by atomic mass is 16.7. The molecular weight excluding hydrogens is 350 g/mol. The third kappa shape index (κ3) is 3.55. The second kappa shape index (κ2) is 7.36. The lowest BCUT2D eigenvalue weighted by Crippen LogP contribution is -2.35. The van der Waals surface area contributed by atoms with Gasteiger partial charge >= 0.3 is 12.2 Å². The first-order chi connectivity index (χ1) is 12.9. The molecule has 1 amide bonds. The van der Waals surface area contributed by atoms with Crippen LogP contribution < -0.4 is 15.6 Å². The third-order valence-corrected chi connectivity index (χ3v) is 4.38. The highest BCUT2D eigenvalue weighted by molar-refractivity contribution is 5.89. The monoisotopic (exact) mass is 369 g/mol. The Morgan fingerprint density at radius 1 is 1.22 bits per heavy atom. The lowest BCUT2D eigenvalue weighted by molar-refractivity contribution is 0.145. The van der Waals surface area contributed by atoms with E-state index in [1.807, 2.05) is 32.0 Å². The maximum absolute atomic E-state index is 12.6. The first kappa shape index (κ1) is 18.2. The SMILES string of the molecule is CCc1cccc(C)c1CNC(=O)n1[nH]c2cccc(OC(=O)O)c2c1=O. The van der Waals surface area contributed by atoms with Crippen LogP contribution in [0.2, 0.25) is 0 Å². The Bertz CT molecular complexity index is 1080. The number of aromatic amines is 1. The zero-order valence-electron chi connectivity index (χ0n) is 14.9. The average Bonchev–Trinajstić information content (AvgIpc) is 2.97. The summed E-state index contributed by atoms with van der Waals surface area (Å²) in [6, 6.07) is 9.73. The molecule has 0 saturated carbocycles. The number of ether oxygens (including phenoxy) is 1. The van der Waals surface area contributed by atoms with Gasteiger partial charge in [-0.3, -0.25) is 9.89 Å². The fraction of sp³-hybridized carbons (Fsp3) is 0.211. The van der Waals surface area contributed by atoms with Crippen LogP contribution in [-0.2, 0) is 13.0 Å². The Morgan fingerprint density at radius 3 is 2.67 bits per heavy atom. The molecule has 3 N–H and O–H groups in total. The van der Waals surface area contributed by atoms with Crippen molar-refractivity contribution in [3.8, 4) is 5.75 Å². The van der Waals surface area contributed by atoms with Crippen molar-refractivity contribution in [2.24, 2.45) is 0 Å². The van der Waals surface area contributed by atoms with Gasteiger partial charge in [0.1, 0.15) is 11.1 Å². The zero-order chi connectivity index (χ0) is 19.6. The highest BCUT2D eigenvalue weighted by Gasteiger charge is 2.18. The second-order valence-corrected chi connectivity index (χ2v) is 6.02. The molecule has 0 aliphatic heterocycles. The van der Waals surface area contributed by atoms with Crippen molar-refractivity contribution in [3.63, 3.8) is 0 Å². The van der Waals surface area contributed by atoms with Gasteiger partial charge < -0.3 is 15.2 Å². The number of carbonyl (C=O) groups excluding carboxylic acids is 1. The molecule has 0 atom stereocenters. The second-order valence-electron chi connectivity index (χ2n) is 6.02. The Labute approximate surface area is 154 Å². The number of aryl methyl sites for hydroxylation is 2. The van der Waals surface area contributed by atoms with E-state index in [0.717, 1.165) is 27.8 Å². The number of hydrogen-bond acceptors (Lipinski definition) is 4. The van der Waals surface area contributed by atoms with E-state index in [4.69, 9.17) is 5.11 Å². The van der Waals surface area contributed by atoms with Gasteiger partial charge in [-0.1, -0.05) is 31.2 Å². The molecule has 1 heterocycles. The van der Waals surface area contributed by atoms with Gasteiger partial charge in [0.05, 0.1) is 5.52 Å². The largest absolute Gasteiger partial charge is 0.511 e. The number of nitrogens with zero attached hydrogens (tertiary/aromatic N) is 1. The van der Waals surface area contributed by atoms with Gasteiger partial charge in [0, 0.05) is 6.54 Å². The number of amides is 1. The number of rotatable bonds is 4. The number of carbonyl (C=O) groups is 2. The Hall–Kier alpha value is -3.55. The minimum absolute atomic E-state index is 0.000175. The van der Waals surface area contributed by atoms with E-state index in [9.17, 15) is 14.4 Å². The predicted octanol–water partition coefficient (Wildman–Crippen LogP) is 3.02. The van der Waals surface area contributed by atoms with Gasteiger partial charge in [-0.25, -0.2) is 9.59 Å². The maximum Gasteiger partial charge on any atom is 0.511 e. The molecule has 0 aliphatic rings. The summed E-state index contributed by atoms with van der Waals surface area (Å²) >= 11 is 0. The summed E-state index contributed by atoms with van der Waals surface area (Å²) in [5, 5.41) is 14.2. The summed E-state index contributed by atoms with van der Waals surface area (Å²) in [4.78, 5) is 35.9. The topological polar surface area (TPSA) is 113 Å². The van der Waals surface area contributed by atoms with Crippen LogP contribution in [-0.4, -0.2) is 27.1 Å². The van der Waals surface area contributed by atoms with Gasteiger partial charge in [-0.15, -0.1) is 0 Å². The lowest BCUT2D eigenvalue weighted by Gasteiger charge is -2.12. The minimum atomic E-state index is -1.54. The van der Waals surface area contributed by atoms with E-state index < -0.39 is 17.7 Å². The van der Waals surface area contributed by atoms with Gasteiger partial charge in [0.15, 0.2) is 0 Å². The molecule has 8 nitrogen and oxygen atoms in total. The molecule has 0 radical (unpaired) electrons. The van der Waals surface area contributed by atoms with Crippen molar-refractivity contribution in [2.75, 3.05) is 0 Å². The third-order valence-electron chi connectivity index (χ3n) is 4.38. The van der Waals surface area contributed by atoms with Crippen LogP contribution in [0.1, 0.15) is 23.6 Å². The van der Waals surface area contributed by atoms with E-state index >= 15 is 0 Å². The molecule has 0 unspecified atom stereocenters. The molecule has 3 aromatic rings. The molecule has 2 aromatic carbocycles. The summed E-state index contributed by atoms with van der Waals surface area (Å²) in [5.74, 6) is -0.125. The molecular formula is C19H19N3O5. The summed E-state index contributed by atoms with van der Waals surface area (Å²) in [6.07, 6.45) is -0.708. The summed E-state index contributed by atoms with van der Waals surface area (Å²) in [5.41, 5.74) is 2.80. The summed E-state index contributed by atoms with van der Waals surface area (Å²) < 4.78 is 5.44. The smallest absolute Gasteiger partial charge is 0.449 e. The fourth-order valence-corrected chi connectivity index (χ4v) is 3.04. The Balaban J connectivity index is 1.90. The molecule has 3 rings (SSSR count). The van der Waals surface area contributed by atoms with E-state index in [2.05, 4.69) is 15.2 Å². The van der Waals surface area contributed by atoms with Crippen LogP contribution in [0, 0.1) is 6.92 Å². The van der Waals surface area contributed by atoms with Crippen molar-refractivity contribution >= 4 is 23.1 Å². The number of aromatic nitrogens is 2. The molecule has 140 valence electrons. The standard InChI is InChI=1S/C19H19N3O5/c1-3-12-7-4-6-11(2)13(12)10-20-18(24)22-17(23)16-14(21-22)8-5-9-15(16)27-19(25)26/h4-9,21H,3,10H2,1-2H3,(H,20,24)(H,25,26). The fourth-order valence-electron chi connectivity index (χ4n) is 3.04. The van der Waals surface area contributed by atoms with Crippen LogP contribution in [0.4, 0.5) is 9.59 Å². The maximum atomic E-state index is 12.6. The van der Waals surface area contributed by atoms with Crippen LogP contribution in [0.5, 0.6) is 5.75 Å². The van der Waals surface area contributed by atoms with Gasteiger partial charge in [0.25, 0.3) is 5.56 Å². The van der Waals surface area contributed by atoms with E-state index in [1.54, 1.807) is 6.07 Å². The minimum Gasteiger partial charge on any atom is -0.449 e. The van der Waals surface area contributed by atoms with Crippen molar-refractivity contribution in [3.05, 3.63) is 63.4 Å². The van der Waals surface area contributed by atoms with Crippen LogP contribution in [0.15, 0.2) is 41.2 Å². The van der Waals surface area contributed by atoms with Gasteiger partial charge in [-0.2, -0.15) is 4.68 Å². The van der Waals surface area contributed by atoms with E-state index in [0.29, 0.717) is 5.52 Å². The number of fused-ring (bicyclic) bond motifs is 1. The van der Waals surface area contributed by atoms with Crippen molar-refractivity contribution in [1.82, 2.24) is 15.1 Å². The number of hydrogen-bond donors (Lipinski definition) is 3. The van der Waals surface area contributed by atoms with Crippen LogP contribution in [0.25, 0.3) is 10.9 Å². The van der Waals surface area contributed by atoms with Crippen molar-refractivity contribution in [1.29, 1.82) is 0 Å². The van der Waals surface area contributed by atoms with E-state index in [1.165, 1.54) is 12.1 Å². The summed E-state index contributed by atoms with van der Waals surface area (Å²) in [7, 11) is 0. The molecule has 27 heavy (non-hydrogen) atoms. The van der Waals surface area contributed by atoms with Crippen molar-refractivity contribution in [2.45, 2.75) is 26.8 Å². The first-order valence-corrected chi connectivity index (χ1v) is 8.42. The molecule has 0 spiro atoms. The number of benzene rings is 2. The Kier molecular flexibility index (Phi) is 4.98. The van der Waals surface area contributed by atoms with Crippen molar-refractivity contribution < 1.29 is 19.4 Å².